The van der Waals surface area contributed by atoms with Crippen LogP contribution in [0, 0.1) is 5.92 Å². The largest absolute Gasteiger partial charge is 0.294 e. The summed E-state index contributed by atoms with van der Waals surface area (Å²) in [5.41, 5.74) is 0.648. The first-order valence-corrected chi connectivity index (χ1v) is 7.19. The number of imide groups is 1. The van der Waals surface area contributed by atoms with E-state index in [-0.39, 0.29) is 11.8 Å². The Kier molecular flexibility index (Phi) is 4.90. The SMILES string of the molecule is CC(=O)N(C(=O)CN1CCC(C)CC1)c1ccccc1. The minimum Gasteiger partial charge on any atom is -0.294 e. The van der Waals surface area contributed by atoms with Crippen molar-refractivity contribution in [2.45, 2.75) is 26.7 Å². The highest BCUT2D eigenvalue weighted by Gasteiger charge is 2.24. The topological polar surface area (TPSA) is 40.6 Å². The number of carbonyl (C=O) groups is 2. The van der Waals surface area contributed by atoms with Crippen molar-refractivity contribution < 1.29 is 9.59 Å². The molecular weight excluding hydrogens is 252 g/mol. The summed E-state index contributed by atoms with van der Waals surface area (Å²) in [6, 6.07) is 9.12. The maximum atomic E-state index is 12.4. The average molecular weight is 274 g/mol. The molecule has 1 aliphatic heterocycles. The van der Waals surface area contributed by atoms with E-state index in [1.165, 1.54) is 11.8 Å². The lowest BCUT2D eigenvalue weighted by atomic mass is 9.99. The number of piperidine rings is 1. The molecule has 0 radical (unpaired) electrons. The van der Waals surface area contributed by atoms with Gasteiger partial charge in [0.05, 0.1) is 12.2 Å². The molecular formula is C16H22N2O2. The van der Waals surface area contributed by atoms with Crippen LogP contribution in [0.4, 0.5) is 5.69 Å². The number of hydrogen-bond acceptors (Lipinski definition) is 3. The van der Waals surface area contributed by atoms with E-state index < -0.39 is 0 Å². The van der Waals surface area contributed by atoms with Crippen molar-refractivity contribution in [2.24, 2.45) is 5.92 Å². The van der Waals surface area contributed by atoms with Crippen molar-refractivity contribution in [3.63, 3.8) is 0 Å². The lowest BCUT2D eigenvalue weighted by Gasteiger charge is -2.31. The summed E-state index contributed by atoms with van der Waals surface area (Å²) in [5.74, 6) is 0.365. The summed E-state index contributed by atoms with van der Waals surface area (Å²) in [5, 5.41) is 0. The molecule has 1 aromatic carbocycles. The Morgan fingerprint density at radius 3 is 2.35 bits per heavy atom. The van der Waals surface area contributed by atoms with Crippen LogP contribution in [-0.2, 0) is 9.59 Å². The predicted octanol–water partition coefficient (Wildman–Crippen LogP) is 2.30. The van der Waals surface area contributed by atoms with E-state index in [0.29, 0.717) is 12.2 Å². The fourth-order valence-corrected chi connectivity index (χ4v) is 2.56. The Balaban J connectivity index is 2.03. The highest BCUT2D eigenvalue weighted by Crippen LogP contribution is 2.18. The third kappa shape index (κ3) is 3.67. The molecule has 0 N–H and O–H groups in total. The zero-order chi connectivity index (χ0) is 14.5. The smallest absolute Gasteiger partial charge is 0.247 e. The number of carbonyl (C=O) groups excluding carboxylic acids is 2. The first-order chi connectivity index (χ1) is 9.58. The quantitative estimate of drug-likeness (QED) is 0.849. The second-order valence-electron chi connectivity index (χ2n) is 5.54. The number of nitrogens with zero attached hydrogens (tertiary/aromatic N) is 2. The third-order valence-electron chi connectivity index (χ3n) is 3.81. The van der Waals surface area contributed by atoms with Gasteiger partial charge in [0.15, 0.2) is 0 Å². The van der Waals surface area contributed by atoms with Gasteiger partial charge in [-0.05, 0) is 44.0 Å². The van der Waals surface area contributed by atoms with Gasteiger partial charge in [0.25, 0.3) is 0 Å². The highest BCUT2D eigenvalue weighted by atomic mass is 16.2. The molecule has 2 rings (SSSR count). The van der Waals surface area contributed by atoms with Crippen LogP contribution < -0.4 is 4.90 Å². The molecule has 0 atom stereocenters. The Morgan fingerprint density at radius 1 is 1.20 bits per heavy atom. The van der Waals surface area contributed by atoms with Crippen LogP contribution >= 0.6 is 0 Å². The van der Waals surface area contributed by atoms with Crippen LogP contribution in [0.3, 0.4) is 0 Å². The maximum absolute atomic E-state index is 12.4. The van der Waals surface area contributed by atoms with E-state index in [9.17, 15) is 9.59 Å². The van der Waals surface area contributed by atoms with Gasteiger partial charge in [-0.25, -0.2) is 4.90 Å². The van der Waals surface area contributed by atoms with Crippen LogP contribution in [0.1, 0.15) is 26.7 Å². The maximum Gasteiger partial charge on any atom is 0.247 e. The molecule has 0 bridgehead atoms. The normalized spacial score (nSPS) is 16.9. The van der Waals surface area contributed by atoms with Crippen molar-refractivity contribution in [3.05, 3.63) is 30.3 Å². The van der Waals surface area contributed by atoms with E-state index in [1.54, 1.807) is 12.1 Å². The van der Waals surface area contributed by atoms with E-state index >= 15 is 0 Å². The monoisotopic (exact) mass is 274 g/mol. The van der Waals surface area contributed by atoms with Gasteiger partial charge < -0.3 is 0 Å². The second-order valence-corrected chi connectivity index (χ2v) is 5.54. The molecule has 1 aromatic rings. The van der Waals surface area contributed by atoms with E-state index in [4.69, 9.17) is 0 Å². The summed E-state index contributed by atoms with van der Waals surface area (Å²) in [4.78, 5) is 27.6. The number of likely N-dealkylation sites (tertiary alicyclic amines) is 1. The van der Waals surface area contributed by atoms with Gasteiger partial charge in [0, 0.05) is 6.92 Å². The standard InChI is InChI=1S/C16H22N2O2/c1-13-8-10-17(11-9-13)12-16(20)18(14(2)19)15-6-4-3-5-7-15/h3-7,13H,8-12H2,1-2H3. The van der Waals surface area contributed by atoms with Crippen LogP contribution in [-0.4, -0.2) is 36.3 Å². The van der Waals surface area contributed by atoms with E-state index in [2.05, 4.69) is 11.8 Å². The molecule has 4 heteroatoms. The molecule has 0 aliphatic carbocycles. The Morgan fingerprint density at radius 2 is 1.80 bits per heavy atom. The van der Waals surface area contributed by atoms with Crippen LogP contribution in [0.15, 0.2) is 30.3 Å². The van der Waals surface area contributed by atoms with Gasteiger partial charge in [-0.1, -0.05) is 25.1 Å². The minimum absolute atomic E-state index is 0.141. The molecule has 0 spiro atoms. The van der Waals surface area contributed by atoms with Gasteiger partial charge in [0.2, 0.25) is 11.8 Å². The number of anilines is 1. The molecule has 108 valence electrons. The van der Waals surface area contributed by atoms with Crippen LogP contribution in [0.5, 0.6) is 0 Å². The highest BCUT2D eigenvalue weighted by molar-refractivity contribution is 6.14. The van der Waals surface area contributed by atoms with Crippen molar-refractivity contribution in [2.75, 3.05) is 24.5 Å². The van der Waals surface area contributed by atoms with E-state index in [0.717, 1.165) is 31.8 Å². The lowest BCUT2D eigenvalue weighted by Crippen LogP contribution is -2.45. The van der Waals surface area contributed by atoms with Crippen molar-refractivity contribution in [1.29, 1.82) is 0 Å². The first-order valence-electron chi connectivity index (χ1n) is 7.19. The molecule has 1 aliphatic rings. The Labute approximate surface area is 120 Å². The Hall–Kier alpha value is -1.68. The van der Waals surface area contributed by atoms with Gasteiger partial charge in [-0.15, -0.1) is 0 Å². The summed E-state index contributed by atoms with van der Waals surface area (Å²) >= 11 is 0. The molecule has 20 heavy (non-hydrogen) atoms. The minimum atomic E-state index is -0.230. The van der Waals surface area contributed by atoms with Crippen LogP contribution in [0.25, 0.3) is 0 Å². The lowest BCUT2D eigenvalue weighted by molar-refractivity contribution is -0.126. The number of benzene rings is 1. The molecule has 4 nitrogen and oxygen atoms in total. The molecule has 0 unspecified atom stereocenters. The zero-order valence-electron chi connectivity index (χ0n) is 12.2. The Bertz CT molecular complexity index is 465. The van der Waals surface area contributed by atoms with Crippen molar-refractivity contribution >= 4 is 17.5 Å². The predicted molar refractivity (Wildman–Crippen MR) is 79.4 cm³/mol. The molecule has 1 heterocycles. The summed E-state index contributed by atoms with van der Waals surface area (Å²) in [7, 11) is 0. The average Bonchev–Trinajstić information content (AvgIpc) is 2.42. The van der Waals surface area contributed by atoms with Gasteiger partial charge in [0.1, 0.15) is 0 Å². The summed E-state index contributed by atoms with van der Waals surface area (Å²) in [6.07, 6.45) is 2.25. The fraction of sp³-hybridized carbons (Fsp3) is 0.500. The fourth-order valence-electron chi connectivity index (χ4n) is 2.56. The number of amides is 2. The first kappa shape index (κ1) is 14.7. The molecule has 1 fully saturated rings. The van der Waals surface area contributed by atoms with Gasteiger partial charge >= 0.3 is 0 Å². The molecule has 2 amide bonds. The number of para-hydroxylation sites is 1. The van der Waals surface area contributed by atoms with Gasteiger partial charge in [-0.3, -0.25) is 14.5 Å². The van der Waals surface area contributed by atoms with Crippen LogP contribution in [0.2, 0.25) is 0 Å². The third-order valence-corrected chi connectivity index (χ3v) is 3.81. The molecule has 1 saturated heterocycles. The summed E-state index contributed by atoms with van der Waals surface area (Å²) < 4.78 is 0. The molecule has 0 aromatic heterocycles. The van der Waals surface area contributed by atoms with E-state index in [1.807, 2.05) is 18.2 Å². The number of rotatable bonds is 3. The number of hydrogen-bond donors (Lipinski definition) is 0. The van der Waals surface area contributed by atoms with Crippen molar-refractivity contribution in [3.8, 4) is 0 Å². The van der Waals surface area contributed by atoms with Gasteiger partial charge in [-0.2, -0.15) is 0 Å². The van der Waals surface area contributed by atoms with Crippen molar-refractivity contribution in [1.82, 2.24) is 4.90 Å². The summed E-state index contributed by atoms with van der Waals surface area (Å²) in [6.45, 7) is 5.87. The second kappa shape index (κ2) is 6.66. The molecule has 0 saturated carbocycles. The zero-order valence-corrected chi connectivity index (χ0v) is 12.2.